The summed E-state index contributed by atoms with van der Waals surface area (Å²) in [5.41, 5.74) is 1.61. The van der Waals surface area contributed by atoms with Crippen LogP contribution >= 0.6 is 15.9 Å². The highest BCUT2D eigenvalue weighted by molar-refractivity contribution is 9.10. The van der Waals surface area contributed by atoms with Gasteiger partial charge in [0.05, 0.1) is 18.3 Å². The maximum atomic E-state index is 11.8. The van der Waals surface area contributed by atoms with E-state index in [2.05, 4.69) is 26.2 Å². The number of aromatic nitrogens is 2. The van der Waals surface area contributed by atoms with E-state index in [1.54, 1.807) is 14.0 Å². The first-order valence-electron chi connectivity index (χ1n) is 6.26. The van der Waals surface area contributed by atoms with Gasteiger partial charge in [0, 0.05) is 30.5 Å². The molecule has 0 saturated heterocycles. The minimum Gasteiger partial charge on any atom is -0.392 e. The van der Waals surface area contributed by atoms with E-state index in [0.29, 0.717) is 13.1 Å². The van der Waals surface area contributed by atoms with Crippen LogP contribution in [0.5, 0.6) is 0 Å². The van der Waals surface area contributed by atoms with E-state index in [0.717, 1.165) is 15.8 Å². The Bertz CT molecular complexity index is 611. The van der Waals surface area contributed by atoms with Crippen LogP contribution < -0.4 is 5.32 Å². The summed E-state index contributed by atoms with van der Waals surface area (Å²) in [5.74, 6) is 0. The van der Waals surface area contributed by atoms with E-state index >= 15 is 0 Å². The third kappa shape index (κ3) is 3.71. The summed E-state index contributed by atoms with van der Waals surface area (Å²) in [6.07, 6.45) is 3.24. The molecule has 6 nitrogen and oxygen atoms in total. The summed E-state index contributed by atoms with van der Waals surface area (Å²) in [5, 5.41) is 12.0. The Morgan fingerprint density at radius 2 is 2.30 bits per heavy atom. The van der Waals surface area contributed by atoms with Crippen molar-refractivity contribution in [2.75, 3.05) is 13.6 Å². The number of hydrogen-bond donors (Lipinski definition) is 2. The fourth-order valence-corrected chi connectivity index (χ4v) is 2.24. The van der Waals surface area contributed by atoms with Gasteiger partial charge in [-0.05, 0) is 35.0 Å². The fraction of sp³-hybridized carbons (Fsp3) is 0.385. The maximum absolute atomic E-state index is 11.8. The first kappa shape index (κ1) is 14.8. The number of halogens is 1. The zero-order valence-electron chi connectivity index (χ0n) is 11.4. The number of imidazole rings is 1. The zero-order chi connectivity index (χ0) is 14.7. The van der Waals surface area contributed by atoms with Gasteiger partial charge in [-0.25, -0.2) is 9.78 Å². The van der Waals surface area contributed by atoms with Gasteiger partial charge in [0.1, 0.15) is 5.65 Å². The van der Waals surface area contributed by atoms with Crippen LogP contribution in [0.25, 0.3) is 5.65 Å². The Morgan fingerprint density at radius 3 is 3.00 bits per heavy atom. The third-order valence-electron chi connectivity index (χ3n) is 2.77. The highest BCUT2D eigenvalue weighted by Gasteiger charge is 2.11. The highest BCUT2D eigenvalue weighted by Crippen LogP contribution is 2.12. The molecule has 1 atom stereocenters. The van der Waals surface area contributed by atoms with Gasteiger partial charge in [0.15, 0.2) is 0 Å². The lowest BCUT2D eigenvalue weighted by Gasteiger charge is -2.18. The number of amides is 2. The molecule has 0 spiro atoms. The van der Waals surface area contributed by atoms with Crippen LogP contribution in [0.1, 0.15) is 12.6 Å². The Balaban J connectivity index is 1.97. The van der Waals surface area contributed by atoms with Crippen molar-refractivity contribution in [1.29, 1.82) is 0 Å². The van der Waals surface area contributed by atoms with E-state index < -0.39 is 6.10 Å². The molecule has 0 fully saturated rings. The molecule has 2 amide bonds. The topological polar surface area (TPSA) is 69.9 Å². The minimum atomic E-state index is -0.543. The van der Waals surface area contributed by atoms with Crippen LogP contribution in [-0.2, 0) is 6.54 Å². The second-order valence-corrected chi connectivity index (χ2v) is 5.65. The number of hydrogen-bond acceptors (Lipinski definition) is 3. The lowest BCUT2D eigenvalue weighted by atomic mass is 10.4. The van der Waals surface area contributed by atoms with Crippen molar-refractivity contribution in [3.05, 3.63) is 34.7 Å². The number of aliphatic hydroxyl groups is 1. The van der Waals surface area contributed by atoms with Crippen molar-refractivity contribution >= 4 is 27.6 Å². The molecular formula is C13H17BrN4O2. The molecule has 20 heavy (non-hydrogen) atoms. The lowest BCUT2D eigenvalue weighted by molar-refractivity contribution is 0.143. The third-order valence-corrected chi connectivity index (χ3v) is 3.24. The van der Waals surface area contributed by atoms with Crippen LogP contribution in [0.15, 0.2) is 29.0 Å². The molecule has 0 aliphatic rings. The lowest BCUT2D eigenvalue weighted by Crippen LogP contribution is -2.40. The Labute approximate surface area is 125 Å². The summed E-state index contributed by atoms with van der Waals surface area (Å²) >= 11 is 3.40. The highest BCUT2D eigenvalue weighted by atomic mass is 79.9. The number of carbonyl (C=O) groups excluding carboxylic acids is 1. The average molecular weight is 341 g/mol. The van der Waals surface area contributed by atoms with Gasteiger partial charge in [-0.1, -0.05) is 0 Å². The van der Waals surface area contributed by atoms with E-state index in [1.165, 1.54) is 4.90 Å². The average Bonchev–Trinajstić information content (AvgIpc) is 2.76. The summed E-state index contributed by atoms with van der Waals surface area (Å²) in [4.78, 5) is 17.6. The number of rotatable bonds is 4. The molecule has 0 saturated carbocycles. The van der Waals surface area contributed by atoms with Gasteiger partial charge in [-0.3, -0.25) is 0 Å². The number of fused-ring (bicyclic) bond motifs is 1. The van der Waals surface area contributed by atoms with E-state index in [4.69, 9.17) is 0 Å². The molecule has 108 valence electrons. The standard InChI is InChI=1S/C13H17BrN4O2/c1-9(19)6-17(2)13(20)15-5-11-8-18-7-10(14)3-4-12(18)16-11/h3-4,7-9,19H,5-6H2,1-2H3,(H,15,20). The van der Waals surface area contributed by atoms with Gasteiger partial charge in [0.2, 0.25) is 0 Å². The molecule has 2 aromatic rings. The van der Waals surface area contributed by atoms with Gasteiger partial charge >= 0.3 is 6.03 Å². The SMILES string of the molecule is CC(O)CN(C)C(=O)NCc1cn2cc(Br)ccc2n1. The van der Waals surface area contributed by atoms with Crippen molar-refractivity contribution in [2.24, 2.45) is 0 Å². The summed E-state index contributed by atoms with van der Waals surface area (Å²) < 4.78 is 2.86. The molecule has 0 aromatic carbocycles. The van der Waals surface area contributed by atoms with Crippen molar-refractivity contribution in [3.63, 3.8) is 0 Å². The molecule has 0 bridgehead atoms. The molecular weight excluding hydrogens is 324 g/mol. The number of nitrogens with zero attached hydrogens (tertiary/aromatic N) is 3. The minimum absolute atomic E-state index is 0.232. The Kier molecular flexibility index (Phi) is 4.61. The monoisotopic (exact) mass is 340 g/mol. The Morgan fingerprint density at radius 1 is 1.55 bits per heavy atom. The van der Waals surface area contributed by atoms with Crippen LogP contribution in [-0.4, -0.2) is 45.1 Å². The van der Waals surface area contributed by atoms with Crippen molar-refractivity contribution in [2.45, 2.75) is 19.6 Å². The summed E-state index contributed by atoms with van der Waals surface area (Å²) in [6.45, 7) is 2.29. The molecule has 0 aliphatic heterocycles. The van der Waals surface area contributed by atoms with Crippen molar-refractivity contribution in [1.82, 2.24) is 19.6 Å². The first-order chi connectivity index (χ1) is 9.45. The number of likely N-dealkylation sites (N-methyl/N-ethyl adjacent to an activating group) is 1. The van der Waals surface area contributed by atoms with Gasteiger partial charge in [-0.2, -0.15) is 0 Å². The van der Waals surface area contributed by atoms with Gasteiger partial charge < -0.3 is 19.7 Å². The molecule has 0 aliphatic carbocycles. The number of aliphatic hydroxyl groups excluding tert-OH is 1. The maximum Gasteiger partial charge on any atom is 0.317 e. The van der Waals surface area contributed by atoms with Crippen LogP contribution in [0.3, 0.4) is 0 Å². The molecule has 7 heteroatoms. The summed E-state index contributed by atoms with van der Waals surface area (Å²) in [7, 11) is 1.64. The number of nitrogens with one attached hydrogen (secondary N) is 1. The molecule has 2 aromatic heterocycles. The van der Waals surface area contributed by atoms with Crippen LogP contribution in [0.4, 0.5) is 4.79 Å². The molecule has 1 unspecified atom stereocenters. The normalized spacial score (nSPS) is 12.4. The van der Waals surface area contributed by atoms with Crippen molar-refractivity contribution in [3.8, 4) is 0 Å². The largest absolute Gasteiger partial charge is 0.392 e. The quantitative estimate of drug-likeness (QED) is 0.888. The number of pyridine rings is 1. The van der Waals surface area contributed by atoms with E-state index in [-0.39, 0.29) is 6.03 Å². The second kappa shape index (κ2) is 6.23. The number of carbonyl (C=O) groups is 1. The second-order valence-electron chi connectivity index (χ2n) is 4.73. The molecule has 2 heterocycles. The van der Waals surface area contributed by atoms with Crippen LogP contribution in [0, 0.1) is 0 Å². The number of urea groups is 1. The van der Waals surface area contributed by atoms with Gasteiger partial charge in [-0.15, -0.1) is 0 Å². The Hall–Kier alpha value is -1.60. The molecule has 2 rings (SSSR count). The van der Waals surface area contributed by atoms with E-state index in [1.807, 2.05) is 28.9 Å². The first-order valence-corrected chi connectivity index (χ1v) is 7.05. The van der Waals surface area contributed by atoms with Crippen molar-refractivity contribution < 1.29 is 9.90 Å². The predicted octanol–water partition coefficient (Wildman–Crippen LogP) is 1.62. The molecule has 2 N–H and O–H groups in total. The summed E-state index contributed by atoms with van der Waals surface area (Å²) in [6, 6.07) is 3.58. The predicted molar refractivity (Wildman–Crippen MR) is 79.4 cm³/mol. The van der Waals surface area contributed by atoms with E-state index in [9.17, 15) is 9.90 Å². The fourth-order valence-electron chi connectivity index (χ4n) is 1.88. The van der Waals surface area contributed by atoms with Gasteiger partial charge in [0.25, 0.3) is 0 Å². The smallest absolute Gasteiger partial charge is 0.317 e. The van der Waals surface area contributed by atoms with Crippen LogP contribution in [0.2, 0.25) is 0 Å². The molecule has 0 radical (unpaired) electrons. The zero-order valence-corrected chi connectivity index (χ0v) is 13.0.